The summed E-state index contributed by atoms with van der Waals surface area (Å²) < 4.78 is 13.6. The van der Waals surface area contributed by atoms with Crippen molar-refractivity contribution in [2.45, 2.75) is 12.8 Å². The third-order valence-corrected chi connectivity index (χ3v) is 2.91. The van der Waals surface area contributed by atoms with Crippen LogP contribution < -0.4 is 11.2 Å². The summed E-state index contributed by atoms with van der Waals surface area (Å²) >= 11 is 0. The second kappa shape index (κ2) is 4.07. The number of fused-ring (bicyclic) bond motifs is 1. The zero-order valence-corrected chi connectivity index (χ0v) is 9.75. The Balaban J connectivity index is 2.11. The van der Waals surface area contributed by atoms with Gasteiger partial charge in [0.2, 0.25) is 0 Å². The molecule has 18 heavy (non-hydrogen) atoms. The van der Waals surface area contributed by atoms with Crippen molar-refractivity contribution in [3.8, 4) is 0 Å². The number of imidazole rings is 1. The zero-order valence-electron chi connectivity index (χ0n) is 9.75. The van der Waals surface area contributed by atoms with E-state index in [1.165, 1.54) is 10.9 Å². The van der Waals surface area contributed by atoms with Crippen LogP contribution in [-0.2, 0) is 23.1 Å². The van der Waals surface area contributed by atoms with Crippen molar-refractivity contribution in [2.24, 2.45) is 7.05 Å². The van der Waals surface area contributed by atoms with Crippen molar-refractivity contribution >= 4 is 11.2 Å². The molecule has 1 aliphatic heterocycles. The van der Waals surface area contributed by atoms with Gasteiger partial charge in [-0.15, -0.1) is 0 Å². The molecule has 96 valence electrons. The van der Waals surface area contributed by atoms with Crippen molar-refractivity contribution in [2.75, 3.05) is 13.2 Å². The van der Waals surface area contributed by atoms with Gasteiger partial charge in [-0.1, -0.05) is 0 Å². The number of aryl methyl sites for hydroxylation is 1. The fourth-order valence-corrected chi connectivity index (χ4v) is 2.00. The molecule has 0 radical (unpaired) electrons. The first-order valence-corrected chi connectivity index (χ1v) is 5.54. The topological polar surface area (TPSA) is 91.1 Å². The molecule has 0 amide bonds. The van der Waals surface area contributed by atoms with Gasteiger partial charge in [0.15, 0.2) is 17.5 Å². The van der Waals surface area contributed by atoms with Crippen LogP contribution in [0.4, 0.5) is 0 Å². The number of nitrogens with zero attached hydrogens (tertiary/aromatic N) is 3. The number of nitrogens with one attached hydrogen (secondary N) is 1. The van der Waals surface area contributed by atoms with E-state index in [-0.39, 0.29) is 6.29 Å². The maximum atomic E-state index is 11.8. The van der Waals surface area contributed by atoms with E-state index < -0.39 is 11.2 Å². The summed E-state index contributed by atoms with van der Waals surface area (Å²) in [5.74, 6) is 0. The second-order valence-corrected chi connectivity index (χ2v) is 4.06. The molecule has 0 saturated carbocycles. The highest BCUT2D eigenvalue weighted by Crippen LogP contribution is 2.10. The summed E-state index contributed by atoms with van der Waals surface area (Å²) in [5, 5.41) is 0. The summed E-state index contributed by atoms with van der Waals surface area (Å²) in [7, 11) is 1.56. The quantitative estimate of drug-likeness (QED) is 0.724. The average Bonchev–Trinajstić information content (AvgIpc) is 2.96. The normalized spacial score (nSPS) is 16.7. The van der Waals surface area contributed by atoms with Crippen molar-refractivity contribution in [3.63, 3.8) is 0 Å². The molecule has 2 aromatic rings. The Hall–Kier alpha value is -1.93. The Morgan fingerprint density at radius 2 is 2.17 bits per heavy atom. The molecule has 0 aliphatic carbocycles. The molecule has 0 aromatic carbocycles. The lowest BCUT2D eigenvalue weighted by Crippen LogP contribution is -2.30. The number of ether oxygens (including phenoxy) is 2. The van der Waals surface area contributed by atoms with Gasteiger partial charge in [0.1, 0.15) is 0 Å². The molecule has 1 fully saturated rings. The summed E-state index contributed by atoms with van der Waals surface area (Å²) in [6.45, 7) is 1.47. The minimum absolute atomic E-state index is 0.344. The maximum Gasteiger partial charge on any atom is 0.329 e. The number of aromatic amines is 1. The number of aromatic nitrogens is 4. The van der Waals surface area contributed by atoms with Crippen molar-refractivity contribution < 1.29 is 9.47 Å². The molecular formula is C10H12N4O4. The zero-order chi connectivity index (χ0) is 12.7. The Morgan fingerprint density at radius 1 is 1.44 bits per heavy atom. The van der Waals surface area contributed by atoms with Gasteiger partial charge in [-0.05, 0) is 0 Å². The fourth-order valence-electron chi connectivity index (χ4n) is 2.00. The lowest BCUT2D eigenvalue weighted by Gasteiger charge is -2.09. The summed E-state index contributed by atoms with van der Waals surface area (Å²) in [4.78, 5) is 29.5. The highest BCUT2D eigenvalue weighted by atomic mass is 16.7. The van der Waals surface area contributed by atoms with Crippen LogP contribution in [0.3, 0.4) is 0 Å². The van der Waals surface area contributed by atoms with Gasteiger partial charge >= 0.3 is 5.69 Å². The van der Waals surface area contributed by atoms with Crippen molar-refractivity contribution in [1.29, 1.82) is 0 Å². The van der Waals surface area contributed by atoms with Gasteiger partial charge in [0.25, 0.3) is 5.56 Å². The molecule has 2 aromatic heterocycles. The predicted octanol–water partition coefficient (Wildman–Crippen LogP) is -1.20. The van der Waals surface area contributed by atoms with E-state index in [0.717, 1.165) is 0 Å². The highest BCUT2D eigenvalue weighted by Gasteiger charge is 2.19. The molecule has 8 nitrogen and oxygen atoms in total. The number of hydrogen-bond acceptors (Lipinski definition) is 5. The van der Waals surface area contributed by atoms with Crippen LogP contribution >= 0.6 is 0 Å². The lowest BCUT2D eigenvalue weighted by molar-refractivity contribution is -0.0518. The van der Waals surface area contributed by atoms with Crippen LogP contribution in [0.2, 0.25) is 0 Å². The molecule has 0 bridgehead atoms. The highest BCUT2D eigenvalue weighted by molar-refractivity contribution is 5.69. The van der Waals surface area contributed by atoms with Crippen LogP contribution in [-0.4, -0.2) is 38.6 Å². The fraction of sp³-hybridized carbons (Fsp3) is 0.500. The second-order valence-electron chi connectivity index (χ2n) is 4.06. The summed E-state index contributed by atoms with van der Waals surface area (Å²) in [5.41, 5.74) is -0.243. The minimum Gasteiger partial charge on any atom is -0.348 e. The molecule has 1 aliphatic rings. The standard InChI is InChI=1S/C10H12N4O4/c1-13-8-7(9(15)12-10(13)16)14(5-11-8)4-6-17-2-3-18-6/h5-6H,2-4H2,1H3,(H,12,15,16). The smallest absolute Gasteiger partial charge is 0.329 e. The summed E-state index contributed by atoms with van der Waals surface area (Å²) in [6, 6.07) is 0. The van der Waals surface area contributed by atoms with E-state index in [1.54, 1.807) is 11.6 Å². The van der Waals surface area contributed by atoms with Crippen LogP contribution in [0.5, 0.6) is 0 Å². The molecule has 3 rings (SSSR count). The van der Waals surface area contributed by atoms with Crippen molar-refractivity contribution in [3.05, 3.63) is 27.2 Å². The molecule has 1 saturated heterocycles. The minimum atomic E-state index is -0.480. The van der Waals surface area contributed by atoms with Crippen molar-refractivity contribution in [1.82, 2.24) is 19.1 Å². The van der Waals surface area contributed by atoms with Gasteiger partial charge < -0.3 is 14.0 Å². The SMILES string of the molecule is Cn1c(=O)[nH]c(=O)c2c1ncn2CC1OCCO1. The van der Waals surface area contributed by atoms with Crippen LogP contribution in [0.15, 0.2) is 15.9 Å². The van der Waals surface area contributed by atoms with E-state index in [9.17, 15) is 9.59 Å². The number of hydrogen-bond donors (Lipinski definition) is 1. The van der Waals surface area contributed by atoms with E-state index in [1.807, 2.05) is 0 Å². The predicted molar refractivity (Wildman–Crippen MR) is 61.3 cm³/mol. The largest absolute Gasteiger partial charge is 0.348 e. The van der Waals surface area contributed by atoms with E-state index in [0.29, 0.717) is 30.9 Å². The molecular weight excluding hydrogens is 240 g/mol. The monoisotopic (exact) mass is 252 g/mol. The van der Waals surface area contributed by atoms with Crippen LogP contribution in [0.1, 0.15) is 0 Å². The first kappa shape index (κ1) is 11.2. The molecule has 0 unspecified atom stereocenters. The molecule has 0 atom stereocenters. The molecule has 0 spiro atoms. The Morgan fingerprint density at radius 3 is 2.89 bits per heavy atom. The van der Waals surface area contributed by atoms with Gasteiger partial charge in [-0.25, -0.2) is 9.78 Å². The average molecular weight is 252 g/mol. The molecule has 3 heterocycles. The molecule has 1 N–H and O–H groups in total. The van der Waals surface area contributed by atoms with Gasteiger partial charge in [0.05, 0.1) is 26.1 Å². The van der Waals surface area contributed by atoms with E-state index in [2.05, 4.69) is 9.97 Å². The van der Waals surface area contributed by atoms with Crippen LogP contribution in [0.25, 0.3) is 11.2 Å². The van der Waals surface area contributed by atoms with E-state index >= 15 is 0 Å². The number of H-pyrrole nitrogens is 1. The van der Waals surface area contributed by atoms with Gasteiger partial charge in [0, 0.05) is 7.05 Å². The third-order valence-electron chi connectivity index (χ3n) is 2.91. The third kappa shape index (κ3) is 1.66. The van der Waals surface area contributed by atoms with Crippen LogP contribution in [0, 0.1) is 0 Å². The Kier molecular flexibility index (Phi) is 2.53. The van der Waals surface area contributed by atoms with E-state index in [4.69, 9.17) is 9.47 Å². The number of rotatable bonds is 2. The Labute approximate surface area is 101 Å². The first-order chi connectivity index (χ1) is 8.66. The first-order valence-electron chi connectivity index (χ1n) is 5.54. The lowest BCUT2D eigenvalue weighted by atomic mass is 10.5. The summed E-state index contributed by atoms with van der Waals surface area (Å²) in [6.07, 6.45) is 1.13. The van der Waals surface area contributed by atoms with Gasteiger partial charge in [-0.3, -0.25) is 14.3 Å². The Bertz CT molecular complexity index is 692. The maximum absolute atomic E-state index is 11.8. The van der Waals surface area contributed by atoms with Gasteiger partial charge in [-0.2, -0.15) is 0 Å². The molecule has 8 heteroatoms.